The number of benzene rings is 1. The van der Waals surface area contributed by atoms with E-state index in [2.05, 4.69) is 19.2 Å². The standard InChI is InChI=1S/C16H25NO3/c1-5-12(3)11-16(6-2,15(18)19)17-13-9-7-8-10-14(13)20-4/h7-10,12,17H,5-6,11H2,1-4H3,(H,18,19). The number of ether oxygens (including phenoxy) is 1. The van der Waals surface area contributed by atoms with Gasteiger partial charge in [-0.1, -0.05) is 39.3 Å². The van der Waals surface area contributed by atoms with Crippen molar-refractivity contribution in [2.24, 2.45) is 5.92 Å². The van der Waals surface area contributed by atoms with E-state index in [1.807, 2.05) is 31.2 Å². The van der Waals surface area contributed by atoms with Gasteiger partial charge < -0.3 is 15.2 Å². The molecule has 0 aliphatic rings. The molecule has 0 aliphatic heterocycles. The van der Waals surface area contributed by atoms with Crippen LogP contribution in [-0.2, 0) is 4.79 Å². The van der Waals surface area contributed by atoms with Gasteiger partial charge in [-0.15, -0.1) is 0 Å². The summed E-state index contributed by atoms with van der Waals surface area (Å²) in [7, 11) is 1.59. The summed E-state index contributed by atoms with van der Waals surface area (Å²) < 4.78 is 5.29. The maximum Gasteiger partial charge on any atom is 0.329 e. The molecule has 0 heterocycles. The number of aliphatic carboxylic acids is 1. The molecule has 2 N–H and O–H groups in total. The molecule has 1 aromatic rings. The largest absolute Gasteiger partial charge is 0.495 e. The van der Waals surface area contributed by atoms with Gasteiger partial charge in [0.2, 0.25) is 0 Å². The first-order valence-corrected chi connectivity index (χ1v) is 7.13. The Morgan fingerprint density at radius 3 is 2.55 bits per heavy atom. The van der Waals surface area contributed by atoms with Crippen LogP contribution in [0, 0.1) is 5.92 Å². The van der Waals surface area contributed by atoms with Crippen LogP contribution in [-0.4, -0.2) is 23.7 Å². The minimum absolute atomic E-state index is 0.341. The topological polar surface area (TPSA) is 58.6 Å². The molecule has 0 aromatic heterocycles. The first-order valence-electron chi connectivity index (χ1n) is 7.13. The molecule has 2 atom stereocenters. The minimum atomic E-state index is -0.954. The summed E-state index contributed by atoms with van der Waals surface area (Å²) in [5, 5.41) is 12.9. The van der Waals surface area contributed by atoms with Crippen molar-refractivity contribution in [3.63, 3.8) is 0 Å². The Bertz CT molecular complexity index is 447. The molecule has 0 saturated carbocycles. The van der Waals surface area contributed by atoms with Crippen LogP contribution < -0.4 is 10.1 Å². The van der Waals surface area contributed by atoms with E-state index in [-0.39, 0.29) is 0 Å². The Kier molecular flexibility index (Phi) is 5.86. The zero-order valence-corrected chi connectivity index (χ0v) is 12.8. The van der Waals surface area contributed by atoms with Gasteiger partial charge in [-0.2, -0.15) is 0 Å². The molecule has 1 rings (SSSR count). The van der Waals surface area contributed by atoms with Crippen molar-refractivity contribution >= 4 is 11.7 Å². The minimum Gasteiger partial charge on any atom is -0.495 e. The van der Waals surface area contributed by atoms with Crippen LogP contribution in [0.15, 0.2) is 24.3 Å². The summed E-state index contributed by atoms with van der Waals surface area (Å²) in [5.41, 5.74) is -0.230. The van der Waals surface area contributed by atoms with Crippen molar-refractivity contribution in [3.8, 4) is 5.75 Å². The molecule has 1 aromatic carbocycles. The maximum atomic E-state index is 11.8. The number of methoxy groups -OCH3 is 1. The van der Waals surface area contributed by atoms with E-state index in [1.165, 1.54) is 0 Å². The molecule has 0 spiro atoms. The fourth-order valence-electron chi connectivity index (χ4n) is 2.32. The van der Waals surface area contributed by atoms with Crippen molar-refractivity contribution in [1.29, 1.82) is 0 Å². The molecule has 20 heavy (non-hydrogen) atoms. The predicted octanol–water partition coefficient (Wildman–Crippen LogP) is 3.78. The third-order valence-electron chi connectivity index (χ3n) is 3.89. The third kappa shape index (κ3) is 3.65. The van der Waals surface area contributed by atoms with Crippen LogP contribution in [0.4, 0.5) is 5.69 Å². The number of rotatable bonds is 8. The lowest BCUT2D eigenvalue weighted by molar-refractivity contribution is -0.143. The summed E-state index contributed by atoms with van der Waals surface area (Å²) >= 11 is 0. The van der Waals surface area contributed by atoms with Crippen LogP contribution in [0.2, 0.25) is 0 Å². The van der Waals surface area contributed by atoms with E-state index >= 15 is 0 Å². The van der Waals surface area contributed by atoms with Crippen LogP contribution in [0.5, 0.6) is 5.75 Å². The van der Waals surface area contributed by atoms with Gasteiger partial charge in [-0.3, -0.25) is 0 Å². The summed E-state index contributed by atoms with van der Waals surface area (Å²) in [6, 6.07) is 7.42. The van der Waals surface area contributed by atoms with E-state index in [0.717, 1.165) is 12.1 Å². The Morgan fingerprint density at radius 1 is 1.40 bits per heavy atom. The van der Waals surface area contributed by atoms with Gasteiger partial charge in [0.25, 0.3) is 0 Å². The second-order valence-corrected chi connectivity index (χ2v) is 5.28. The number of carboxylic acids is 1. The van der Waals surface area contributed by atoms with Gasteiger partial charge in [0.15, 0.2) is 0 Å². The maximum absolute atomic E-state index is 11.8. The highest BCUT2D eigenvalue weighted by Crippen LogP contribution is 2.32. The number of anilines is 1. The molecule has 0 fully saturated rings. The van der Waals surface area contributed by atoms with Gasteiger partial charge >= 0.3 is 5.97 Å². The number of hydrogen-bond acceptors (Lipinski definition) is 3. The molecule has 0 saturated heterocycles. The van der Waals surface area contributed by atoms with E-state index in [4.69, 9.17) is 4.74 Å². The summed E-state index contributed by atoms with van der Waals surface area (Å²) in [6.07, 6.45) is 2.07. The molecule has 0 bridgehead atoms. The monoisotopic (exact) mass is 279 g/mol. The van der Waals surface area contributed by atoms with Crippen LogP contribution >= 0.6 is 0 Å². The SMILES string of the molecule is CCC(C)CC(CC)(Nc1ccccc1OC)C(=O)O. The van der Waals surface area contributed by atoms with Gasteiger partial charge in [-0.05, 0) is 30.9 Å². The lowest BCUT2D eigenvalue weighted by Crippen LogP contribution is -2.47. The summed E-state index contributed by atoms with van der Waals surface area (Å²) in [6.45, 7) is 6.06. The van der Waals surface area contributed by atoms with Crippen molar-refractivity contribution in [3.05, 3.63) is 24.3 Å². The van der Waals surface area contributed by atoms with Crippen molar-refractivity contribution in [1.82, 2.24) is 0 Å². The van der Waals surface area contributed by atoms with Crippen LogP contribution in [0.3, 0.4) is 0 Å². The van der Waals surface area contributed by atoms with Crippen LogP contribution in [0.25, 0.3) is 0 Å². The molecular weight excluding hydrogens is 254 g/mol. The second-order valence-electron chi connectivity index (χ2n) is 5.28. The van der Waals surface area contributed by atoms with E-state index < -0.39 is 11.5 Å². The van der Waals surface area contributed by atoms with Gasteiger partial charge in [0.05, 0.1) is 12.8 Å². The van der Waals surface area contributed by atoms with Gasteiger partial charge in [-0.25, -0.2) is 4.79 Å². The highest BCUT2D eigenvalue weighted by Gasteiger charge is 2.38. The normalized spacial score (nSPS) is 15.2. The van der Waals surface area contributed by atoms with E-state index in [1.54, 1.807) is 7.11 Å². The number of hydrogen-bond donors (Lipinski definition) is 2. The van der Waals surface area contributed by atoms with E-state index in [0.29, 0.717) is 24.5 Å². The zero-order valence-electron chi connectivity index (χ0n) is 12.8. The summed E-state index contributed by atoms with van der Waals surface area (Å²) in [5.74, 6) is 0.190. The zero-order chi connectivity index (χ0) is 15.2. The molecule has 2 unspecified atom stereocenters. The van der Waals surface area contributed by atoms with Crippen molar-refractivity contribution in [2.45, 2.75) is 45.6 Å². The average Bonchev–Trinajstić information content (AvgIpc) is 2.46. The average molecular weight is 279 g/mol. The highest BCUT2D eigenvalue weighted by atomic mass is 16.5. The first-order chi connectivity index (χ1) is 9.49. The van der Waals surface area contributed by atoms with Crippen LogP contribution in [0.1, 0.15) is 40.0 Å². The molecule has 0 aliphatic carbocycles. The van der Waals surface area contributed by atoms with Gasteiger partial charge in [0.1, 0.15) is 11.3 Å². The molecule has 4 nitrogen and oxygen atoms in total. The number of nitrogens with one attached hydrogen (secondary N) is 1. The fourth-order valence-corrected chi connectivity index (χ4v) is 2.32. The van der Waals surface area contributed by atoms with Gasteiger partial charge in [0, 0.05) is 0 Å². The first kappa shape index (κ1) is 16.3. The lowest BCUT2D eigenvalue weighted by atomic mass is 9.84. The fraction of sp³-hybridized carbons (Fsp3) is 0.562. The number of carbonyl (C=O) groups is 1. The quantitative estimate of drug-likeness (QED) is 0.760. The third-order valence-corrected chi connectivity index (χ3v) is 3.89. The summed E-state index contributed by atoms with van der Waals surface area (Å²) in [4.78, 5) is 11.8. The number of carboxylic acid groups (broad SMARTS) is 1. The molecular formula is C16H25NO3. The Balaban J connectivity index is 3.08. The smallest absolute Gasteiger partial charge is 0.329 e. The Morgan fingerprint density at radius 2 is 2.05 bits per heavy atom. The van der Waals surface area contributed by atoms with Crippen molar-refractivity contribution in [2.75, 3.05) is 12.4 Å². The Labute approximate surface area is 121 Å². The lowest BCUT2D eigenvalue weighted by Gasteiger charge is -2.33. The molecule has 112 valence electrons. The molecule has 0 amide bonds. The van der Waals surface area contributed by atoms with E-state index in [9.17, 15) is 9.90 Å². The second kappa shape index (κ2) is 7.17. The highest BCUT2D eigenvalue weighted by molar-refractivity contribution is 5.83. The van der Waals surface area contributed by atoms with Crippen molar-refractivity contribution < 1.29 is 14.6 Å². The Hall–Kier alpha value is -1.71. The molecule has 0 radical (unpaired) electrons. The number of para-hydroxylation sites is 2. The predicted molar refractivity (Wildman–Crippen MR) is 81.3 cm³/mol. The molecule has 4 heteroatoms.